The molecule has 2 aliphatic rings. The van der Waals surface area contributed by atoms with Crippen molar-refractivity contribution >= 4 is 5.69 Å². The van der Waals surface area contributed by atoms with Crippen LogP contribution >= 0.6 is 0 Å². The molecule has 0 aliphatic heterocycles. The van der Waals surface area contributed by atoms with E-state index in [0.29, 0.717) is 6.04 Å². The van der Waals surface area contributed by atoms with Crippen LogP contribution in [0.1, 0.15) is 19.8 Å². The Hall–Kier alpha value is -1.25. The quantitative estimate of drug-likeness (QED) is 0.764. The molecule has 15 heavy (non-hydrogen) atoms. The standard InChI is InChI=1S/C12H17N3/c1-2-15-8-10(7-13-15)14-12-6-9-4-3-5-11(9)12/h3,5,7-9,11-12,14H,2,4,6H2,1H3. The number of nitrogens with one attached hydrogen (secondary N) is 1. The van der Waals surface area contributed by atoms with Crippen molar-refractivity contribution in [3.63, 3.8) is 0 Å². The van der Waals surface area contributed by atoms with Crippen LogP contribution < -0.4 is 5.32 Å². The van der Waals surface area contributed by atoms with E-state index in [0.717, 1.165) is 18.4 Å². The summed E-state index contributed by atoms with van der Waals surface area (Å²) in [4.78, 5) is 0. The van der Waals surface area contributed by atoms with Crippen molar-refractivity contribution in [2.75, 3.05) is 5.32 Å². The molecule has 0 radical (unpaired) electrons. The second-order valence-electron chi connectivity index (χ2n) is 4.57. The van der Waals surface area contributed by atoms with E-state index in [1.54, 1.807) is 0 Å². The van der Waals surface area contributed by atoms with Crippen LogP contribution in [0.25, 0.3) is 0 Å². The number of anilines is 1. The van der Waals surface area contributed by atoms with Gasteiger partial charge in [0.25, 0.3) is 0 Å². The minimum absolute atomic E-state index is 0.642. The second-order valence-corrected chi connectivity index (χ2v) is 4.57. The number of rotatable bonds is 3. The van der Waals surface area contributed by atoms with Gasteiger partial charge in [-0.15, -0.1) is 0 Å². The molecule has 3 rings (SSSR count). The third-order valence-corrected chi connectivity index (χ3v) is 3.67. The van der Waals surface area contributed by atoms with Gasteiger partial charge in [-0.1, -0.05) is 12.2 Å². The van der Waals surface area contributed by atoms with E-state index in [1.807, 2.05) is 10.9 Å². The predicted molar refractivity (Wildman–Crippen MR) is 60.7 cm³/mol. The van der Waals surface area contributed by atoms with Crippen molar-refractivity contribution in [3.05, 3.63) is 24.5 Å². The molecule has 0 amide bonds. The number of aryl methyl sites for hydroxylation is 1. The molecule has 3 unspecified atom stereocenters. The Labute approximate surface area is 90.2 Å². The first kappa shape index (κ1) is 9.01. The van der Waals surface area contributed by atoms with Crippen LogP contribution in [0.3, 0.4) is 0 Å². The van der Waals surface area contributed by atoms with E-state index in [2.05, 4.69) is 35.7 Å². The Morgan fingerprint density at radius 1 is 1.60 bits per heavy atom. The van der Waals surface area contributed by atoms with Crippen LogP contribution in [0.15, 0.2) is 24.5 Å². The molecule has 2 aliphatic carbocycles. The van der Waals surface area contributed by atoms with Crippen LogP contribution in [0.4, 0.5) is 5.69 Å². The average Bonchev–Trinajstić information content (AvgIpc) is 2.81. The molecule has 0 aromatic carbocycles. The number of aromatic nitrogens is 2. The first-order chi connectivity index (χ1) is 7.36. The van der Waals surface area contributed by atoms with E-state index in [9.17, 15) is 0 Å². The van der Waals surface area contributed by atoms with Crippen LogP contribution in [0, 0.1) is 11.8 Å². The lowest BCUT2D eigenvalue weighted by Gasteiger charge is -2.40. The highest BCUT2D eigenvalue weighted by Gasteiger charge is 2.40. The molecule has 3 nitrogen and oxygen atoms in total. The molecule has 0 spiro atoms. The SMILES string of the molecule is CCn1cc(NC2CC3CC=CC32)cn1. The molecular weight excluding hydrogens is 186 g/mol. The summed E-state index contributed by atoms with van der Waals surface area (Å²) in [5.74, 6) is 1.69. The lowest BCUT2D eigenvalue weighted by Crippen LogP contribution is -2.43. The second kappa shape index (κ2) is 3.40. The fourth-order valence-electron chi connectivity index (χ4n) is 2.71. The average molecular weight is 203 g/mol. The summed E-state index contributed by atoms with van der Waals surface area (Å²) in [7, 11) is 0. The maximum absolute atomic E-state index is 4.27. The Balaban J connectivity index is 1.63. The Morgan fingerprint density at radius 2 is 2.53 bits per heavy atom. The smallest absolute Gasteiger partial charge is 0.0728 e. The molecular formula is C12H17N3. The lowest BCUT2D eigenvalue weighted by molar-refractivity contribution is 0.218. The van der Waals surface area contributed by atoms with Crippen molar-refractivity contribution in [3.8, 4) is 0 Å². The zero-order chi connectivity index (χ0) is 10.3. The summed E-state index contributed by atoms with van der Waals surface area (Å²) < 4.78 is 1.96. The topological polar surface area (TPSA) is 29.9 Å². The summed E-state index contributed by atoms with van der Waals surface area (Å²) in [6, 6.07) is 0.642. The van der Waals surface area contributed by atoms with Gasteiger partial charge in [0.1, 0.15) is 0 Å². The van der Waals surface area contributed by atoms with E-state index in [1.165, 1.54) is 18.5 Å². The van der Waals surface area contributed by atoms with Crippen molar-refractivity contribution in [2.45, 2.75) is 32.4 Å². The van der Waals surface area contributed by atoms with E-state index < -0.39 is 0 Å². The third-order valence-electron chi connectivity index (χ3n) is 3.67. The molecule has 1 saturated carbocycles. The van der Waals surface area contributed by atoms with Gasteiger partial charge in [-0.2, -0.15) is 5.10 Å². The zero-order valence-electron chi connectivity index (χ0n) is 9.06. The van der Waals surface area contributed by atoms with E-state index in [-0.39, 0.29) is 0 Å². The first-order valence-corrected chi connectivity index (χ1v) is 5.82. The first-order valence-electron chi connectivity index (χ1n) is 5.82. The summed E-state index contributed by atoms with van der Waals surface area (Å²) in [6.45, 7) is 3.05. The highest BCUT2D eigenvalue weighted by molar-refractivity contribution is 5.41. The monoisotopic (exact) mass is 203 g/mol. The molecule has 1 aromatic rings. The highest BCUT2D eigenvalue weighted by atomic mass is 15.3. The maximum Gasteiger partial charge on any atom is 0.0728 e. The summed E-state index contributed by atoms with van der Waals surface area (Å²) >= 11 is 0. The van der Waals surface area contributed by atoms with Gasteiger partial charge in [0.2, 0.25) is 0 Å². The summed E-state index contributed by atoms with van der Waals surface area (Å²) in [5, 5.41) is 7.84. The molecule has 1 aromatic heterocycles. The normalized spacial score (nSPS) is 32.5. The largest absolute Gasteiger partial charge is 0.379 e. The zero-order valence-corrected chi connectivity index (χ0v) is 9.06. The number of hydrogen-bond donors (Lipinski definition) is 1. The highest BCUT2D eigenvalue weighted by Crippen LogP contribution is 2.43. The summed E-state index contributed by atoms with van der Waals surface area (Å²) in [6.07, 6.45) is 11.3. The van der Waals surface area contributed by atoms with Gasteiger partial charge in [-0.25, -0.2) is 0 Å². The van der Waals surface area contributed by atoms with Crippen LogP contribution in [-0.4, -0.2) is 15.8 Å². The van der Waals surface area contributed by atoms with Crippen molar-refractivity contribution in [1.82, 2.24) is 9.78 Å². The fourth-order valence-corrected chi connectivity index (χ4v) is 2.71. The molecule has 1 fully saturated rings. The van der Waals surface area contributed by atoms with E-state index >= 15 is 0 Å². The molecule has 0 bridgehead atoms. The molecule has 3 atom stereocenters. The van der Waals surface area contributed by atoms with Crippen molar-refractivity contribution in [2.24, 2.45) is 11.8 Å². The minimum Gasteiger partial charge on any atom is -0.379 e. The minimum atomic E-state index is 0.642. The molecule has 1 heterocycles. The van der Waals surface area contributed by atoms with Gasteiger partial charge in [0.15, 0.2) is 0 Å². The molecule has 1 N–H and O–H groups in total. The van der Waals surface area contributed by atoms with Crippen LogP contribution in [0.2, 0.25) is 0 Å². The molecule has 80 valence electrons. The van der Waals surface area contributed by atoms with Gasteiger partial charge in [-0.3, -0.25) is 4.68 Å². The van der Waals surface area contributed by atoms with Crippen molar-refractivity contribution in [1.29, 1.82) is 0 Å². The molecule has 3 heteroatoms. The maximum atomic E-state index is 4.27. The van der Waals surface area contributed by atoms with Gasteiger partial charge in [0.05, 0.1) is 11.9 Å². The Bertz CT molecular complexity index is 380. The van der Waals surface area contributed by atoms with Gasteiger partial charge in [-0.05, 0) is 25.7 Å². The predicted octanol–water partition coefficient (Wildman–Crippen LogP) is 2.28. The Morgan fingerprint density at radius 3 is 3.27 bits per heavy atom. The fraction of sp³-hybridized carbons (Fsp3) is 0.583. The number of allylic oxidation sites excluding steroid dienone is 1. The van der Waals surface area contributed by atoms with Crippen LogP contribution in [-0.2, 0) is 6.54 Å². The number of fused-ring (bicyclic) bond motifs is 1. The van der Waals surface area contributed by atoms with Gasteiger partial charge >= 0.3 is 0 Å². The van der Waals surface area contributed by atoms with E-state index in [4.69, 9.17) is 0 Å². The number of nitrogens with zero attached hydrogens (tertiary/aromatic N) is 2. The lowest BCUT2D eigenvalue weighted by atomic mass is 9.71. The Kier molecular flexibility index (Phi) is 2.04. The van der Waals surface area contributed by atoms with Crippen LogP contribution in [0.5, 0.6) is 0 Å². The van der Waals surface area contributed by atoms with Gasteiger partial charge in [0, 0.05) is 24.7 Å². The number of hydrogen-bond acceptors (Lipinski definition) is 2. The summed E-state index contributed by atoms with van der Waals surface area (Å²) in [5.41, 5.74) is 1.17. The third kappa shape index (κ3) is 1.46. The van der Waals surface area contributed by atoms with Gasteiger partial charge < -0.3 is 5.32 Å². The van der Waals surface area contributed by atoms with Crippen molar-refractivity contribution < 1.29 is 0 Å². The molecule has 0 saturated heterocycles.